The van der Waals surface area contributed by atoms with Gasteiger partial charge in [0.25, 0.3) is 0 Å². The summed E-state index contributed by atoms with van der Waals surface area (Å²) < 4.78 is 23.0. The molecular weight excluding hydrogens is 640 g/mol. The lowest BCUT2D eigenvalue weighted by molar-refractivity contribution is -0.143. The van der Waals surface area contributed by atoms with Gasteiger partial charge in [0.1, 0.15) is 6.04 Å². The standard InChI is InChI=1S/C38H66N4O8.10H2/c1-25(24-38(6)35(50-38)28(4)34(47-8)29(5)43)13-12-14-26(2)33-27(3)16-17-30(49-33)23-32(44)39-18-11-10-15-31(36(45)48-9)40-37(46)42-21-19-41(7)20-22-42;;;;;;;;;;/h12-14,25,27-31,33-35,43H,10-11,15-24H2,1-9H3,(H,39,44)(H,40,46);10*1H/b13-12+,26-14+;;;;;;;;;;/t25-,27+,28-,29-,30-,31-,33-,34-,35-,38-;;;;;;;;;;/m1........../s1. The molecule has 12 nitrogen and oxygen atoms in total. The number of allylic oxidation sites excluding steroid dienone is 3. The number of carbonyl (C=O) groups is 3. The number of hydrogen-bond donors (Lipinski definition) is 3. The summed E-state index contributed by atoms with van der Waals surface area (Å²) in [6.07, 6.45) is 10.3. The summed E-state index contributed by atoms with van der Waals surface area (Å²) in [5.74, 6) is 0.268. The zero-order valence-electron chi connectivity index (χ0n) is 32.1. The molecule has 50 heavy (non-hydrogen) atoms. The van der Waals surface area contributed by atoms with Gasteiger partial charge in [-0.25, -0.2) is 9.59 Å². The molecule has 10 atom stereocenters. The summed E-state index contributed by atoms with van der Waals surface area (Å²) in [7, 11) is 4.98. The maximum Gasteiger partial charge on any atom is 0.328 e. The van der Waals surface area contributed by atoms with Crippen molar-refractivity contribution in [1.29, 1.82) is 0 Å². The van der Waals surface area contributed by atoms with E-state index in [1.165, 1.54) is 7.11 Å². The topological polar surface area (TPSA) is 142 Å². The van der Waals surface area contributed by atoms with Crippen LogP contribution in [-0.2, 0) is 28.5 Å². The number of rotatable bonds is 18. The van der Waals surface area contributed by atoms with Gasteiger partial charge in [0.2, 0.25) is 5.91 Å². The summed E-state index contributed by atoms with van der Waals surface area (Å²) in [6, 6.07) is -0.959. The van der Waals surface area contributed by atoms with Gasteiger partial charge in [-0.2, -0.15) is 0 Å². The van der Waals surface area contributed by atoms with Gasteiger partial charge in [0.15, 0.2) is 0 Å². The molecule has 3 saturated heterocycles. The Morgan fingerprint density at radius 2 is 1.80 bits per heavy atom. The van der Waals surface area contributed by atoms with E-state index in [0.29, 0.717) is 57.2 Å². The van der Waals surface area contributed by atoms with Crippen LogP contribution in [0.2, 0.25) is 0 Å². The van der Waals surface area contributed by atoms with Crippen molar-refractivity contribution in [3.63, 3.8) is 0 Å². The van der Waals surface area contributed by atoms with Crippen LogP contribution in [0.4, 0.5) is 4.79 Å². The summed E-state index contributed by atoms with van der Waals surface area (Å²) in [4.78, 5) is 41.7. The molecule has 3 fully saturated rings. The molecule has 306 valence electrons. The summed E-state index contributed by atoms with van der Waals surface area (Å²) in [6.45, 7) is 15.8. The Hall–Kier alpha value is -2.51. The lowest BCUT2D eigenvalue weighted by Gasteiger charge is -2.35. The fourth-order valence-corrected chi connectivity index (χ4v) is 7.64. The molecule has 0 aromatic heterocycles. The van der Waals surface area contributed by atoms with Crippen LogP contribution in [0.1, 0.15) is 101 Å². The van der Waals surface area contributed by atoms with E-state index in [9.17, 15) is 19.5 Å². The van der Waals surface area contributed by atoms with Crippen LogP contribution in [0.3, 0.4) is 0 Å². The van der Waals surface area contributed by atoms with E-state index in [1.54, 1.807) is 18.9 Å². The molecule has 3 aliphatic rings. The molecule has 0 spiro atoms. The van der Waals surface area contributed by atoms with Crippen LogP contribution < -0.4 is 10.6 Å². The van der Waals surface area contributed by atoms with Gasteiger partial charge in [0.05, 0.1) is 49.7 Å². The lowest BCUT2D eigenvalue weighted by Crippen LogP contribution is -2.54. The zero-order valence-corrected chi connectivity index (χ0v) is 32.1. The van der Waals surface area contributed by atoms with Gasteiger partial charge >= 0.3 is 12.0 Å². The number of aliphatic hydroxyl groups is 1. The zero-order chi connectivity index (χ0) is 37.0. The van der Waals surface area contributed by atoms with Crippen molar-refractivity contribution in [1.82, 2.24) is 20.4 Å². The Balaban J connectivity index is -0.000000451. The number of aliphatic hydroxyl groups excluding tert-OH is 1. The smallest absolute Gasteiger partial charge is 0.328 e. The number of esters is 1. The first-order valence-electron chi connectivity index (χ1n) is 18.7. The van der Waals surface area contributed by atoms with Gasteiger partial charge < -0.3 is 44.5 Å². The number of methoxy groups -OCH3 is 2. The van der Waals surface area contributed by atoms with E-state index in [-0.39, 0.29) is 62.1 Å². The number of likely N-dealkylation sites (N-methyl/N-ethyl adjacent to an activating group) is 1. The van der Waals surface area contributed by atoms with Crippen molar-refractivity contribution in [2.24, 2.45) is 17.8 Å². The fraction of sp³-hybridized carbons (Fsp3) is 0.816. The van der Waals surface area contributed by atoms with E-state index >= 15 is 0 Å². The largest absolute Gasteiger partial charge is 0.467 e. The van der Waals surface area contributed by atoms with Gasteiger partial charge in [-0.3, -0.25) is 4.79 Å². The molecule has 0 aromatic carbocycles. The highest BCUT2D eigenvalue weighted by Gasteiger charge is 2.56. The predicted octanol–water partition coefficient (Wildman–Crippen LogP) is 6.52. The average Bonchev–Trinajstić information content (AvgIpc) is 3.74. The average molecular weight is 727 g/mol. The monoisotopic (exact) mass is 727 g/mol. The van der Waals surface area contributed by atoms with Crippen molar-refractivity contribution in [2.75, 3.05) is 54.0 Å². The molecule has 0 aliphatic carbocycles. The van der Waals surface area contributed by atoms with E-state index in [1.807, 2.05) is 7.05 Å². The Morgan fingerprint density at radius 1 is 1.10 bits per heavy atom. The molecular formula is C38H86N4O8. The molecule has 3 N–H and O–H groups in total. The van der Waals surface area contributed by atoms with Gasteiger partial charge in [0, 0.05) is 60.0 Å². The molecule has 3 amide bonds. The van der Waals surface area contributed by atoms with Gasteiger partial charge in [-0.15, -0.1) is 0 Å². The molecule has 0 aromatic rings. The molecule has 0 saturated carbocycles. The van der Waals surface area contributed by atoms with Crippen LogP contribution in [0.15, 0.2) is 23.8 Å². The number of hydrogen-bond acceptors (Lipinski definition) is 9. The maximum atomic E-state index is 12.8. The molecule has 0 radical (unpaired) electrons. The van der Waals surface area contributed by atoms with E-state index < -0.39 is 18.1 Å². The summed E-state index contributed by atoms with van der Waals surface area (Å²) in [5.41, 5.74) is 0.918. The van der Waals surface area contributed by atoms with E-state index in [2.05, 4.69) is 68.4 Å². The van der Waals surface area contributed by atoms with Crippen molar-refractivity contribution >= 4 is 17.9 Å². The van der Waals surface area contributed by atoms with Crippen molar-refractivity contribution in [3.05, 3.63) is 23.8 Å². The summed E-state index contributed by atoms with van der Waals surface area (Å²) >= 11 is 0. The third-order valence-corrected chi connectivity index (χ3v) is 10.7. The number of unbranched alkanes of at least 4 members (excludes halogenated alkanes) is 1. The number of nitrogens with zero attached hydrogens (tertiary/aromatic N) is 2. The predicted molar refractivity (Wildman–Crippen MR) is 215 cm³/mol. The highest BCUT2D eigenvalue weighted by molar-refractivity contribution is 5.83. The Morgan fingerprint density at radius 3 is 2.44 bits per heavy atom. The molecule has 0 bridgehead atoms. The molecule has 3 aliphatic heterocycles. The number of amides is 3. The second-order valence-electron chi connectivity index (χ2n) is 15.2. The first kappa shape index (κ1) is 41.9. The second-order valence-corrected chi connectivity index (χ2v) is 15.2. The third-order valence-electron chi connectivity index (χ3n) is 10.7. The quantitative estimate of drug-likeness (QED) is 0.0623. The van der Waals surface area contributed by atoms with Gasteiger partial charge in [-0.1, -0.05) is 39.0 Å². The minimum atomic E-state index is -0.714. The number of carbonyl (C=O) groups excluding carboxylic acids is 3. The molecule has 3 rings (SSSR count). The minimum Gasteiger partial charge on any atom is -0.467 e. The highest BCUT2D eigenvalue weighted by Crippen LogP contribution is 2.47. The van der Waals surface area contributed by atoms with Crippen molar-refractivity contribution in [2.45, 2.75) is 129 Å². The Labute approximate surface area is 315 Å². The van der Waals surface area contributed by atoms with Crippen molar-refractivity contribution < 1.29 is 52.7 Å². The first-order valence-corrected chi connectivity index (χ1v) is 18.7. The maximum absolute atomic E-state index is 12.8. The first-order chi connectivity index (χ1) is 23.7. The minimum absolute atomic E-state index is 0. The Kier molecular flexibility index (Phi) is 16.7. The number of ether oxygens (including phenoxy) is 4. The second kappa shape index (κ2) is 19.9. The Bertz CT molecular complexity index is 1190. The third kappa shape index (κ3) is 12.6. The highest BCUT2D eigenvalue weighted by atomic mass is 16.6. The number of piperazine rings is 1. The van der Waals surface area contributed by atoms with Crippen LogP contribution in [0, 0.1) is 17.8 Å². The van der Waals surface area contributed by atoms with Crippen molar-refractivity contribution in [3.8, 4) is 0 Å². The number of nitrogens with one attached hydrogen (secondary N) is 2. The van der Waals surface area contributed by atoms with Crippen LogP contribution in [0.25, 0.3) is 0 Å². The fourth-order valence-electron chi connectivity index (χ4n) is 7.64. The lowest BCUT2D eigenvalue weighted by atomic mass is 9.85. The van der Waals surface area contributed by atoms with Gasteiger partial charge in [-0.05, 0) is 83.8 Å². The summed E-state index contributed by atoms with van der Waals surface area (Å²) in [5, 5.41) is 15.9. The molecule has 12 heteroatoms. The normalized spacial score (nSPS) is 29.2. The molecule has 0 unspecified atom stereocenters. The SMILES string of the molecule is COC(=O)[C@@H](CCCCNC(=O)C[C@H]1CC[C@H](C)[C@@H](/C(C)=C/C=C/[C@@H](C)C[C@@]2(C)O[C@@H]2[C@H](C)[C@@H](OC)[C@@H](C)O)O1)NC(=O)N1CCN(C)CC1.[HH].[HH].[HH].[HH].[HH].[HH].[HH].[HH].[HH].[HH]. The molecule has 3 heterocycles. The van der Waals surface area contributed by atoms with Crippen LogP contribution in [0.5, 0.6) is 0 Å². The number of epoxide rings is 1. The van der Waals surface area contributed by atoms with E-state index in [4.69, 9.17) is 18.9 Å². The number of urea groups is 1. The van der Waals surface area contributed by atoms with Crippen LogP contribution >= 0.6 is 0 Å². The van der Waals surface area contributed by atoms with Crippen LogP contribution in [-0.4, -0.2) is 129 Å². The van der Waals surface area contributed by atoms with E-state index in [0.717, 1.165) is 37.9 Å².